The van der Waals surface area contributed by atoms with Gasteiger partial charge in [-0.2, -0.15) is 0 Å². The van der Waals surface area contributed by atoms with E-state index in [4.69, 9.17) is 5.73 Å². The molecule has 4 heteroatoms. The summed E-state index contributed by atoms with van der Waals surface area (Å²) < 4.78 is 0. The molecule has 1 aromatic carbocycles. The van der Waals surface area contributed by atoms with E-state index in [-0.39, 0.29) is 17.4 Å². The minimum Gasteiger partial charge on any atom is -0.399 e. The van der Waals surface area contributed by atoms with Gasteiger partial charge in [-0.1, -0.05) is 12.1 Å². The van der Waals surface area contributed by atoms with E-state index in [0.717, 1.165) is 37.7 Å². The second kappa shape index (κ2) is 5.48. The minimum absolute atomic E-state index is 0.0648. The number of hydrogen-bond acceptors (Lipinski definition) is 3. The Kier molecular flexibility index (Phi) is 3.64. The first-order valence-electron chi connectivity index (χ1n) is 9.22. The molecule has 4 bridgehead atoms. The summed E-state index contributed by atoms with van der Waals surface area (Å²) in [4.78, 5) is 12.5. The Hall–Kier alpha value is -1.55. The van der Waals surface area contributed by atoms with Crippen LogP contribution in [0.4, 0.5) is 5.69 Å². The highest BCUT2D eigenvalue weighted by atomic mass is 16.3. The van der Waals surface area contributed by atoms with Crippen molar-refractivity contribution in [2.24, 2.45) is 17.3 Å². The van der Waals surface area contributed by atoms with Gasteiger partial charge in [-0.05, 0) is 80.4 Å². The summed E-state index contributed by atoms with van der Waals surface area (Å²) >= 11 is 0. The van der Waals surface area contributed by atoms with E-state index in [1.165, 1.54) is 6.42 Å². The molecule has 24 heavy (non-hydrogen) atoms. The number of hydrogen-bond donors (Lipinski definition) is 3. The normalized spacial score (nSPS) is 38.1. The molecule has 1 aromatic rings. The van der Waals surface area contributed by atoms with Gasteiger partial charge in [0.25, 0.3) is 0 Å². The van der Waals surface area contributed by atoms with E-state index < -0.39 is 5.60 Å². The summed E-state index contributed by atoms with van der Waals surface area (Å²) in [5.41, 5.74) is 7.02. The van der Waals surface area contributed by atoms with Crippen molar-refractivity contribution in [3.63, 3.8) is 0 Å². The lowest BCUT2D eigenvalue weighted by atomic mass is 9.46. The van der Waals surface area contributed by atoms with Crippen molar-refractivity contribution in [1.29, 1.82) is 0 Å². The van der Waals surface area contributed by atoms with E-state index in [1.807, 2.05) is 24.3 Å². The Morgan fingerprint density at radius 2 is 1.88 bits per heavy atom. The van der Waals surface area contributed by atoms with Crippen LogP contribution in [0, 0.1) is 17.3 Å². The second-order valence-corrected chi connectivity index (χ2v) is 8.76. The Morgan fingerprint density at radius 3 is 2.46 bits per heavy atom. The summed E-state index contributed by atoms with van der Waals surface area (Å²) in [6, 6.07) is 7.61. The van der Waals surface area contributed by atoms with E-state index in [9.17, 15) is 9.90 Å². The molecule has 0 heterocycles. The number of carbonyl (C=O) groups excluding carboxylic acids is 1. The summed E-state index contributed by atoms with van der Waals surface area (Å²) in [5, 5.41) is 14.1. The standard InChI is InChI=1S/C20H28N2O2/c1-13(22-18(23)7-14-2-4-17(21)5-3-14)19-8-15-6-16(9-19)11-20(24,10-15)12-19/h2-5,13,15-16,24H,6-12,21H2,1H3,(H,22,23). The van der Waals surface area contributed by atoms with Crippen molar-refractivity contribution in [2.45, 2.75) is 63.5 Å². The molecule has 3 atom stereocenters. The van der Waals surface area contributed by atoms with Crippen molar-refractivity contribution in [3.8, 4) is 0 Å². The van der Waals surface area contributed by atoms with E-state index in [2.05, 4.69) is 12.2 Å². The molecule has 4 aliphatic rings. The van der Waals surface area contributed by atoms with Crippen LogP contribution < -0.4 is 11.1 Å². The fraction of sp³-hybridized carbons (Fsp3) is 0.650. The van der Waals surface area contributed by atoms with Crippen LogP contribution in [-0.2, 0) is 11.2 Å². The van der Waals surface area contributed by atoms with Crippen LogP contribution in [0.3, 0.4) is 0 Å². The molecule has 130 valence electrons. The number of nitrogen functional groups attached to an aromatic ring is 1. The molecular formula is C20H28N2O2. The van der Waals surface area contributed by atoms with Crippen LogP contribution >= 0.6 is 0 Å². The number of amides is 1. The van der Waals surface area contributed by atoms with Gasteiger partial charge < -0.3 is 16.2 Å². The third-order valence-electron chi connectivity index (χ3n) is 6.72. The maximum absolute atomic E-state index is 12.5. The Balaban J connectivity index is 1.43. The smallest absolute Gasteiger partial charge is 0.224 e. The average molecular weight is 328 g/mol. The highest BCUT2D eigenvalue weighted by Gasteiger charge is 2.58. The fourth-order valence-corrected chi connectivity index (χ4v) is 6.06. The topological polar surface area (TPSA) is 75.4 Å². The van der Waals surface area contributed by atoms with E-state index >= 15 is 0 Å². The molecule has 4 nitrogen and oxygen atoms in total. The number of aliphatic hydroxyl groups is 1. The van der Waals surface area contributed by atoms with Crippen LogP contribution in [-0.4, -0.2) is 22.7 Å². The fourth-order valence-electron chi connectivity index (χ4n) is 6.06. The molecule has 4 N–H and O–H groups in total. The van der Waals surface area contributed by atoms with Gasteiger partial charge in [0.2, 0.25) is 5.91 Å². The molecule has 0 aliphatic heterocycles. The van der Waals surface area contributed by atoms with Crippen LogP contribution in [0.15, 0.2) is 24.3 Å². The van der Waals surface area contributed by atoms with Crippen LogP contribution in [0.2, 0.25) is 0 Å². The molecule has 0 aromatic heterocycles. The Labute approximate surface area is 143 Å². The first kappa shape index (κ1) is 15.9. The molecule has 5 rings (SSSR count). The lowest BCUT2D eigenvalue weighted by molar-refractivity contribution is -0.173. The van der Waals surface area contributed by atoms with Crippen LogP contribution in [0.1, 0.15) is 51.0 Å². The zero-order valence-corrected chi connectivity index (χ0v) is 14.4. The highest BCUT2D eigenvalue weighted by molar-refractivity contribution is 5.79. The van der Waals surface area contributed by atoms with Crippen molar-refractivity contribution in [2.75, 3.05) is 5.73 Å². The van der Waals surface area contributed by atoms with Gasteiger partial charge in [-0.3, -0.25) is 4.79 Å². The van der Waals surface area contributed by atoms with Gasteiger partial charge in [-0.25, -0.2) is 0 Å². The van der Waals surface area contributed by atoms with Crippen molar-refractivity contribution >= 4 is 11.6 Å². The number of nitrogens with one attached hydrogen (secondary N) is 1. The zero-order chi connectivity index (χ0) is 16.9. The number of nitrogens with two attached hydrogens (primary N) is 1. The van der Waals surface area contributed by atoms with Crippen LogP contribution in [0.25, 0.3) is 0 Å². The van der Waals surface area contributed by atoms with Crippen molar-refractivity contribution < 1.29 is 9.90 Å². The first-order valence-corrected chi connectivity index (χ1v) is 9.22. The minimum atomic E-state index is -0.472. The van der Waals surface area contributed by atoms with E-state index in [0.29, 0.717) is 23.9 Å². The lowest BCUT2D eigenvalue weighted by Crippen LogP contribution is -2.61. The van der Waals surface area contributed by atoms with Crippen molar-refractivity contribution in [3.05, 3.63) is 29.8 Å². The number of benzene rings is 1. The van der Waals surface area contributed by atoms with Gasteiger partial charge in [0, 0.05) is 11.7 Å². The Morgan fingerprint density at radius 1 is 1.25 bits per heavy atom. The third kappa shape index (κ3) is 2.81. The molecule has 0 saturated heterocycles. The van der Waals surface area contributed by atoms with Crippen molar-refractivity contribution in [1.82, 2.24) is 5.32 Å². The average Bonchev–Trinajstić information content (AvgIpc) is 2.47. The number of rotatable bonds is 4. The molecule has 0 radical (unpaired) electrons. The molecule has 0 spiro atoms. The second-order valence-electron chi connectivity index (χ2n) is 8.76. The van der Waals surface area contributed by atoms with Gasteiger partial charge in [0.15, 0.2) is 0 Å². The highest BCUT2D eigenvalue weighted by Crippen LogP contribution is 2.62. The summed E-state index contributed by atoms with van der Waals surface area (Å²) in [6.07, 6.45) is 6.78. The maximum Gasteiger partial charge on any atom is 0.224 e. The predicted octanol–water partition coefficient (Wildman–Crippen LogP) is 2.65. The molecule has 3 unspecified atom stereocenters. The van der Waals surface area contributed by atoms with Crippen LogP contribution in [0.5, 0.6) is 0 Å². The number of anilines is 1. The monoisotopic (exact) mass is 328 g/mol. The lowest BCUT2D eigenvalue weighted by Gasteiger charge is -2.62. The summed E-state index contributed by atoms with van der Waals surface area (Å²) in [7, 11) is 0. The zero-order valence-electron chi connectivity index (χ0n) is 14.4. The maximum atomic E-state index is 12.5. The first-order chi connectivity index (χ1) is 11.4. The van der Waals surface area contributed by atoms with Gasteiger partial charge in [0.1, 0.15) is 0 Å². The molecule has 4 aliphatic carbocycles. The van der Waals surface area contributed by atoms with Gasteiger partial charge in [-0.15, -0.1) is 0 Å². The molecule has 4 saturated carbocycles. The van der Waals surface area contributed by atoms with Gasteiger partial charge >= 0.3 is 0 Å². The quantitative estimate of drug-likeness (QED) is 0.744. The largest absolute Gasteiger partial charge is 0.399 e. The summed E-state index contributed by atoms with van der Waals surface area (Å²) in [6.45, 7) is 2.14. The Bertz CT molecular complexity index is 626. The van der Waals surface area contributed by atoms with E-state index in [1.54, 1.807) is 0 Å². The molecular weight excluding hydrogens is 300 g/mol. The summed E-state index contributed by atoms with van der Waals surface area (Å²) in [5.74, 6) is 1.36. The predicted molar refractivity (Wildman–Crippen MR) is 94.2 cm³/mol. The molecule has 1 amide bonds. The number of carbonyl (C=O) groups is 1. The third-order valence-corrected chi connectivity index (χ3v) is 6.72. The SMILES string of the molecule is CC(NC(=O)Cc1ccc(N)cc1)C12CC3CC(CC(O)(C3)C1)C2. The van der Waals surface area contributed by atoms with Gasteiger partial charge in [0.05, 0.1) is 12.0 Å². The molecule has 4 fully saturated rings.